The summed E-state index contributed by atoms with van der Waals surface area (Å²) in [7, 11) is 1.67. The number of rotatable bonds is 8. The Bertz CT molecular complexity index is 1180. The number of aromatic nitrogens is 1. The molecule has 0 bridgehead atoms. The third-order valence-electron chi connectivity index (χ3n) is 5.24. The van der Waals surface area contributed by atoms with E-state index in [1.807, 2.05) is 42.5 Å². The molecule has 1 heterocycles. The van der Waals surface area contributed by atoms with Crippen molar-refractivity contribution in [3.05, 3.63) is 72.1 Å². The first-order chi connectivity index (χ1) is 15.8. The van der Waals surface area contributed by atoms with Gasteiger partial charge >= 0.3 is 5.97 Å². The van der Waals surface area contributed by atoms with Crippen LogP contribution in [0.3, 0.4) is 0 Å². The van der Waals surface area contributed by atoms with E-state index in [4.69, 9.17) is 4.74 Å². The molecule has 0 spiro atoms. The molecular weight excluding hydrogens is 422 g/mol. The summed E-state index contributed by atoms with van der Waals surface area (Å²) in [6.07, 6.45) is 1.77. The van der Waals surface area contributed by atoms with Crippen molar-refractivity contribution in [1.29, 1.82) is 0 Å². The summed E-state index contributed by atoms with van der Waals surface area (Å²) in [6, 6.07) is 15.8. The molecule has 1 aromatic heterocycles. The van der Waals surface area contributed by atoms with Crippen LogP contribution < -0.4 is 10.6 Å². The van der Waals surface area contributed by atoms with Crippen molar-refractivity contribution < 1.29 is 23.9 Å². The molecule has 8 nitrogen and oxygen atoms in total. The summed E-state index contributed by atoms with van der Waals surface area (Å²) >= 11 is 0. The van der Waals surface area contributed by atoms with Gasteiger partial charge in [-0.05, 0) is 34.4 Å². The number of nitrogens with zero attached hydrogens (tertiary/aromatic N) is 1. The third-order valence-corrected chi connectivity index (χ3v) is 5.24. The maximum atomic E-state index is 12.7. The maximum absolute atomic E-state index is 12.7. The number of amides is 3. The van der Waals surface area contributed by atoms with Crippen molar-refractivity contribution in [2.75, 3.05) is 6.61 Å². The van der Waals surface area contributed by atoms with E-state index in [-0.39, 0.29) is 18.2 Å². The number of benzene rings is 2. The highest BCUT2D eigenvalue weighted by molar-refractivity contribution is 6.04. The van der Waals surface area contributed by atoms with E-state index >= 15 is 0 Å². The van der Waals surface area contributed by atoms with Gasteiger partial charge in [0.25, 0.3) is 11.8 Å². The molecule has 1 atom stereocenters. The molecule has 0 aliphatic rings. The third kappa shape index (κ3) is 6.06. The van der Waals surface area contributed by atoms with E-state index in [0.717, 1.165) is 16.3 Å². The van der Waals surface area contributed by atoms with Crippen LogP contribution in [0.2, 0.25) is 0 Å². The summed E-state index contributed by atoms with van der Waals surface area (Å²) < 4.78 is 6.64. The van der Waals surface area contributed by atoms with Crippen LogP contribution >= 0.6 is 0 Å². The molecular formula is C25H27N3O5. The Morgan fingerprint density at radius 1 is 0.939 bits per heavy atom. The zero-order valence-electron chi connectivity index (χ0n) is 18.8. The summed E-state index contributed by atoms with van der Waals surface area (Å²) in [5, 5.41) is 6.88. The second kappa shape index (κ2) is 10.6. The van der Waals surface area contributed by atoms with Gasteiger partial charge in [0.2, 0.25) is 5.91 Å². The van der Waals surface area contributed by atoms with E-state index in [1.165, 1.54) is 0 Å². The number of nitrogens with one attached hydrogen (secondary N) is 2. The van der Waals surface area contributed by atoms with Crippen LogP contribution in [0.1, 0.15) is 29.9 Å². The fourth-order valence-corrected chi connectivity index (χ4v) is 3.49. The molecule has 33 heavy (non-hydrogen) atoms. The first-order valence-corrected chi connectivity index (χ1v) is 10.6. The molecule has 0 unspecified atom stereocenters. The Morgan fingerprint density at radius 2 is 1.67 bits per heavy atom. The number of carbonyl (C=O) groups excluding carboxylic acids is 4. The molecule has 0 aliphatic carbocycles. The monoisotopic (exact) mass is 449 g/mol. The predicted molar refractivity (Wildman–Crippen MR) is 123 cm³/mol. The van der Waals surface area contributed by atoms with Crippen molar-refractivity contribution in [3.8, 4) is 0 Å². The van der Waals surface area contributed by atoms with Crippen LogP contribution in [0.4, 0.5) is 0 Å². The van der Waals surface area contributed by atoms with Crippen LogP contribution in [-0.4, -0.2) is 40.9 Å². The molecule has 0 aliphatic heterocycles. The minimum Gasteiger partial charge on any atom is -0.454 e. The van der Waals surface area contributed by atoms with Gasteiger partial charge in [-0.2, -0.15) is 0 Å². The number of imide groups is 1. The first-order valence-electron chi connectivity index (χ1n) is 10.6. The molecule has 0 saturated carbocycles. The molecule has 3 aromatic rings. The van der Waals surface area contributed by atoms with Gasteiger partial charge < -0.3 is 14.6 Å². The number of fused-ring (bicyclic) bond motifs is 1. The minimum absolute atomic E-state index is 0.101. The number of hydrogen-bond acceptors (Lipinski definition) is 5. The Balaban J connectivity index is 1.56. The molecule has 3 amide bonds. The van der Waals surface area contributed by atoms with Gasteiger partial charge in [0.1, 0.15) is 11.7 Å². The highest BCUT2D eigenvalue weighted by Gasteiger charge is 2.27. The van der Waals surface area contributed by atoms with Gasteiger partial charge in [0.15, 0.2) is 6.61 Å². The molecule has 172 valence electrons. The smallest absolute Gasteiger partial charge is 0.329 e. The maximum Gasteiger partial charge on any atom is 0.329 e. The Kier molecular flexibility index (Phi) is 7.61. The van der Waals surface area contributed by atoms with E-state index in [9.17, 15) is 19.2 Å². The summed E-state index contributed by atoms with van der Waals surface area (Å²) in [5.74, 6) is -2.67. The molecule has 0 fully saturated rings. The lowest BCUT2D eigenvalue weighted by Crippen LogP contribution is -2.47. The largest absolute Gasteiger partial charge is 0.454 e. The fourth-order valence-electron chi connectivity index (χ4n) is 3.49. The van der Waals surface area contributed by atoms with Crippen LogP contribution in [-0.2, 0) is 32.6 Å². The van der Waals surface area contributed by atoms with Crippen molar-refractivity contribution in [2.24, 2.45) is 13.0 Å². The average Bonchev–Trinajstić information content (AvgIpc) is 3.22. The van der Waals surface area contributed by atoms with E-state index in [1.54, 1.807) is 43.8 Å². The van der Waals surface area contributed by atoms with Crippen molar-refractivity contribution >= 4 is 34.5 Å². The molecule has 2 N–H and O–H groups in total. The highest BCUT2D eigenvalue weighted by Crippen LogP contribution is 2.19. The minimum atomic E-state index is -0.927. The molecule has 0 saturated heterocycles. The van der Waals surface area contributed by atoms with E-state index in [0.29, 0.717) is 5.69 Å². The van der Waals surface area contributed by atoms with Crippen LogP contribution in [0.25, 0.3) is 10.8 Å². The van der Waals surface area contributed by atoms with Crippen LogP contribution in [0.5, 0.6) is 0 Å². The standard InChI is InChI=1S/C25H27N3O5/c1-16(2)23(25(32)33-15-22(30)27-24(31)20-12-7-13-28(20)3)26-21(29)14-18-10-6-9-17-8-4-5-11-19(17)18/h4-13,16,23H,14-15H2,1-3H3,(H,26,29)(H,27,30,31)/t23-/m0/s1. The SMILES string of the molecule is CC(C)[C@H](NC(=O)Cc1cccc2ccccc12)C(=O)OCC(=O)NC(=O)c1cccn1C. The molecule has 0 radical (unpaired) electrons. The number of aryl methyl sites for hydroxylation is 1. The van der Waals surface area contributed by atoms with Gasteiger partial charge in [0.05, 0.1) is 6.42 Å². The summed E-state index contributed by atoms with van der Waals surface area (Å²) in [5.41, 5.74) is 1.15. The van der Waals surface area contributed by atoms with E-state index < -0.39 is 30.4 Å². The van der Waals surface area contributed by atoms with Gasteiger partial charge in [-0.3, -0.25) is 19.7 Å². The van der Waals surface area contributed by atoms with Gasteiger partial charge in [0, 0.05) is 13.2 Å². The number of esters is 1. The second-order valence-corrected chi connectivity index (χ2v) is 8.09. The zero-order chi connectivity index (χ0) is 24.0. The number of hydrogen-bond donors (Lipinski definition) is 2. The van der Waals surface area contributed by atoms with Gasteiger partial charge in [-0.15, -0.1) is 0 Å². The van der Waals surface area contributed by atoms with E-state index in [2.05, 4.69) is 10.6 Å². The summed E-state index contributed by atoms with van der Waals surface area (Å²) in [6.45, 7) is 2.91. The average molecular weight is 450 g/mol. The predicted octanol–water partition coefficient (Wildman–Crippen LogP) is 2.36. The number of carbonyl (C=O) groups is 4. The number of ether oxygens (including phenoxy) is 1. The quantitative estimate of drug-likeness (QED) is 0.514. The normalized spacial score (nSPS) is 11.8. The Hall–Kier alpha value is -3.94. The zero-order valence-corrected chi connectivity index (χ0v) is 18.8. The Morgan fingerprint density at radius 3 is 2.36 bits per heavy atom. The van der Waals surface area contributed by atoms with Crippen molar-refractivity contribution in [3.63, 3.8) is 0 Å². The summed E-state index contributed by atoms with van der Waals surface area (Å²) in [4.78, 5) is 49.4. The van der Waals surface area contributed by atoms with Crippen molar-refractivity contribution in [1.82, 2.24) is 15.2 Å². The van der Waals surface area contributed by atoms with Gasteiger partial charge in [-0.25, -0.2) is 4.79 Å². The molecule has 2 aromatic carbocycles. The lowest BCUT2D eigenvalue weighted by Gasteiger charge is -2.21. The fraction of sp³-hybridized carbons (Fsp3) is 0.280. The lowest BCUT2D eigenvalue weighted by molar-refractivity contribution is -0.152. The topological polar surface area (TPSA) is 106 Å². The highest BCUT2D eigenvalue weighted by atomic mass is 16.5. The molecule has 3 rings (SSSR count). The molecule has 8 heteroatoms. The van der Waals surface area contributed by atoms with Crippen molar-refractivity contribution in [2.45, 2.75) is 26.3 Å². The van der Waals surface area contributed by atoms with Gasteiger partial charge in [-0.1, -0.05) is 56.3 Å². The first kappa shape index (κ1) is 23.7. The second-order valence-electron chi connectivity index (χ2n) is 8.09. The van der Waals surface area contributed by atoms with Crippen LogP contribution in [0, 0.1) is 5.92 Å². The lowest BCUT2D eigenvalue weighted by atomic mass is 10.0. The van der Waals surface area contributed by atoms with Crippen LogP contribution in [0.15, 0.2) is 60.8 Å². The Labute approximate surface area is 191 Å².